The number of nitrogens with zero attached hydrogens (tertiary/aromatic N) is 4. The molecule has 0 aliphatic carbocycles. The molecule has 0 radical (unpaired) electrons. The third-order valence-corrected chi connectivity index (χ3v) is 7.93. The smallest absolute Gasteiger partial charge is 0.284 e. The van der Waals surface area contributed by atoms with E-state index in [1.807, 2.05) is 24.5 Å². The number of thioether (sulfide) groups is 1. The Balaban J connectivity index is 2.07. The van der Waals surface area contributed by atoms with Gasteiger partial charge in [-0.3, -0.25) is 9.69 Å². The van der Waals surface area contributed by atoms with Gasteiger partial charge in [-0.15, -0.1) is 22.0 Å². The summed E-state index contributed by atoms with van der Waals surface area (Å²) in [5.41, 5.74) is 0.800. The van der Waals surface area contributed by atoms with E-state index in [4.69, 9.17) is 0 Å². The first kappa shape index (κ1) is 24.1. The molecule has 0 aliphatic heterocycles. The number of anilines is 1. The van der Waals surface area contributed by atoms with E-state index in [1.165, 1.54) is 38.0 Å². The molecule has 0 fully saturated rings. The van der Waals surface area contributed by atoms with Gasteiger partial charge in [-0.25, -0.2) is 13.4 Å². The van der Waals surface area contributed by atoms with Crippen LogP contribution in [0.5, 0.6) is 0 Å². The Morgan fingerprint density at radius 2 is 1.91 bits per heavy atom. The van der Waals surface area contributed by atoms with Gasteiger partial charge in [0, 0.05) is 23.7 Å². The summed E-state index contributed by atoms with van der Waals surface area (Å²) in [4.78, 5) is 18.5. The monoisotopic (exact) mass is 502 g/mol. The Morgan fingerprint density at radius 3 is 2.50 bits per heavy atom. The van der Waals surface area contributed by atoms with Crippen molar-refractivity contribution < 1.29 is 26.4 Å². The van der Waals surface area contributed by atoms with Crippen LogP contribution in [0.2, 0.25) is 0 Å². The minimum atomic E-state index is -4.71. The van der Waals surface area contributed by atoms with Crippen LogP contribution < -0.4 is 4.90 Å². The Morgan fingerprint density at radius 1 is 1.19 bits per heavy atom. The molecule has 1 amide bonds. The topological polar surface area (TPSA) is 93.1 Å². The van der Waals surface area contributed by atoms with Crippen molar-refractivity contribution >= 4 is 44.0 Å². The lowest BCUT2D eigenvalue weighted by atomic mass is 10.1. The normalized spacial score (nSPS) is 12.1. The van der Waals surface area contributed by atoms with Gasteiger partial charge in [0.1, 0.15) is 5.69 Å². The summed E-state index contributed by atoms with van der Waals surface area (Å²) in [6, 6.07) is 8.71. The van der Waals surface area contributed by atoms with Gasteiger partial charge in [0.15, 0.2) is 9.84 Å². The van der Waals surface area contributed by atoms with E-state index in [1.54, 1.807) is 6.07 Å². The molecule has 1 aromatic carbocycles. The number of hydrogen-bond donors (Lipinski definition) is 0. The van der Waals surface area contributed by atoms with Crippen LogP contribution in [0.1, 0.15) is 22.4 Å². The van der Waals surface area contributed by atoms with Crippen LogP contribution in [0.15, 0.2) is 46.3 Å². The van der Waals surface area contributed by atoms with E-state index in [9.17, 15) is 26.4 Å². The second-order valence-corrected chi connectivity index (χ2v) is 10.5. The van der Waals surface area contributed by atoms with Gasteiger partial charge in [-0.2, -0.15) is 13.2 Å². The molecule has 0 atom stereocenters. The van der Waals surface area contributed by atoms with Gasteiger partial charge in [0.05, 0.1) is 10.6 Å². The summed E-state index contributed by atoms with van der Waals surface area (Å²) in [7, 11) is -2.70. The molecule has 3 rings (SSSR count). The lowest BCUT2D eigenvalue weighted by Crippen LogP contribution is -2.29. The number of aromatic nitrogens is 3. The van der Waals surface area contributed by atoms with Crippen LogP contribution in [0.3, 0.4) is 0 Å². The minimum absolute atomic E-state index is 0.172. The molecule has 0 N–H and O–H groups in total. The van der Waals surface area contributed by atoms with Crippen molar-refractivity contribution in [2.75, 3.05) is 24.0 Å². The molecule has 13 heteroatoms. The second-order valence-electron chi connectivity index (χ2n) is 6.46. The van der Waals surface area contributed by atoms with Crippen LogP contribution in [0, 0.1) is 0 Å². The molecule has 0 saturated carbocycles. The standard InChI is InChI=1S/C19H17F3N4O3S3/c1-4-32(28,29)14-9-12(11-6-5-7-13(8-11)30-3)10-23-15(14)16(27)26(2)18-25-24-17(31-18)19(20,21)22/h5-10H,4H2,1-3H3. The fourth-order valence-electron chi connectivity index (χ4n) is 2.67. The first-order valence-corrected chi connectivity index (χ1v) is 12.7. The zero-order chi connectivity index (χ0) is 23.7. The molecular weight excluding hydrogens is 485 g/mol. The first-order chi connectivity index (χ1) is 15.0. The molecule has 0 bridgehead atoms. The average molecular weight is 503 g/mol. The van der Waals surface area contributed by atoms with Gasteiger partial charge in [-0.05, 0) is 30.0 Å². The molecule has 32 heavy (non-hydrogen) atoms. The summed E-state index contributed by atoms with van der Waals surface area (Å²) in [6.07, 6.45) is -1.45. The van der Waals surface area contributed by atoms with Crippen molar-refractivity contribution in [1.82, 2.24) is 15.2 Å². The van der Waals surface area contributed by atoms with Crippen molar-refractivity contribution in [3.63, 3.8) is 0 Å². The number of alkyl halides is 3. The van der Waals surface area contributed by atoms with Gasteiger partial charge < -0.3 is 0 Å². The SMILES string of the molecule is CCS(=O)(=O)c1cc(-c2cccc(SC)c2)cnc1C(=O)N(C)c1nnc(C(F)(F)F)s1. The molecular formula is C19H17F3N4O3S3. The predicted molar refractivity (Wildman–Crippen MR) is 117 cm³/mol. The van der Waals surface area contributed by atoms with E-state index < -0.39 is 32.6 Å². The third kappa shape index (κ3) is 4.94. The van der Waals surface area contributed by atoms with Crippen molar-refractivity contribution in [3.8, 4) is 11.1 Å². The van der Waals surface area contributed by atoms with Crippen molar-refractivity contribution in [3.05, 3.63) is 47.2 Å². The van der Waals surface area contributed by atoms with Crippen LogP contribution in [0.25, 0.3) is 11.1 Å². The summed E-state index contributed by atoms with van der Waals surface area (Å²) in [5, 5.41) is 4.90. The van der Waals surface area contributed by atoms with E-state index in [2.05, 4.69) is 15.2 Å². The second kappa shape index (κ2) is 9.16. The number of pyridine rings is 1. The van der Waals surface area contributed by atoms with E-state index in [0.29, 0.717) is 11.1 Å². The lowest BCUT2D eigenvalue weighted by Gasteiger charge is -2.16. The number of amides is 1. The predicted octanol–water partition coefficient (Wildman–Crippen LogP) is 4.41. The molecule has 2 aromatic heterocycles. The van der Waals surface area contributed by atoms with Crippen LogP contribution >= 0.6 is 23.1 Å². The Hall–Kier alpha value is -2.51. The number of halogens is 3. The molecule has 0 spiro atoms. The van der Waals surface area contributed by atoms with Crippen molar-refractivity contribution in [2.24, 2.45) is 0 Å². The van der Waals surface area contributed by atoms with Gasteiger partial charge >= 0.3 is 6.18 Å². The van der Waals surface area contributed by atoms with E-state index >= 15 is 0 Å². The van der Waals surface area contributed by atoms with Crippen LogP contribution in [0.4, 0.5) is 18.3 Å². The summed E-state index contributed by atoms with van der Waals surface area (Å²) in [5.74, 6) is -1.20. The average Bonchev–Trinajstić information content (AvgIpc) is 3.28. The maximum absolute atomic E-state index is 13.0. The third-order valence-electron chi connectivity index (χ3n) is 4.42. The van der Waals surface area contributed by atoms with E-state index in [0.717, 1.165) is 9.80 Å². The first-order valence-electron chi connectivity index (χ1n) is 9.04. The van der Waals surface area contributed by atoms with Crippen molar-refractivity contribution in [2.45, 2.75) is 22.9 Å². The van der Waals surface area contributed by atoms with Gasteiger partial charge in [0.2, 0.25) is 10.1 Å². The number of sulfone groups is 1. The molecule has 0 unspecified atom stereocenters. The fraction of sp³-hybridized carbons (Fsp3) is 0.263. The lowest BCUT2D eigenvalue weighted by molar-refractivity contribution is -0.138. The van der Waals surface area contributed by atoms with E-state index in [-0.39, 0.29) is 27.1 Å². The number of carbonyl (C=O) groups is 1. The summed E-state index contributed by atoms with van der Waals surface area (Å²) >= 11 is 1.69. The summed E-state index contributed by atoms with van der Waals surface area (Å²) in [6.45, 7) is 1.43. The Labute approximate surface area is 190 Å². The Kier molecular flexibility index (Phi) is 6.91. The molecule has 0 aliphatic rings. The highest BCUT2D eigenvalue weighted by molar-refractivity contribution is 7.98. The number of carbonyl (C=O) groups excluding carboxylic acids is 1. The molecule has 3 aromatic rings. The highest BCUT2D eigenvalue weighted by Gasteiger charge is 2.37. The zero-order valence-corrected chi connectivity index (χ0v) is 19.5. The van der Waals surface area contributed by atoms with Gasteiger partial charge in [-0.1, -0.05) is 30.4 Å². The minimum Gasteiger partial charge on any atom is -0.284 e. The molecule has 7 nitrogen and oxygen atoms in total. The molecule has 170 valence electrons. The fourth-order valence-corrected chi connectivity index (χ4v) is 4.85. The number of benzene rings is 1. The maximum Gasteiger partial charge on any atom is 0.445 e. The van der Waals surface area contributed by atoms with Crippen molar-refractivity contribution in [1.29, 1.82) is 0 Å². The molecule has 0 saturated heterocycles. The number of hydrogen-bond acceptors (Lipinski definition) is 8. The zero-order valence-electron chi connectivity index (χ0n) is 17.0. The van der Waals surface area contributed by atoms with Gasteiger partial charge in [0.25, 0.3) is 5.91 Å². The highest BCUT2D eigenvalue weighted by Crippen LogP contribution is 2.35. The maximum atomic E-state index is 13.0. The summed E-state index contributed by atoms with van der Waals surface area (Å²) < 4.78 is 64.0. The quantitative estimate of drug-likeness (QED) is 0.461. The highest BCUT2D eigenvalue weighted by atomic mass is 32.2. The largest absolute Gasteiger partial charge is 0.445 e. The number of rotatable bonds is 6. The Bertz CT molecular complexity index is 1260. The van der Waals surface area contributed by atoms with Crippen LogP contribution in [-0.4, -0.2) is 48.6 Å². The molecule has 2 heterocycles. The van der Waals surface area contributed by atoms with Crippen LogP contribution in [-0.2, 0) is 16.0 Å².